The van der Waals surface area contributed by atoms with Crippen LogP contribution in [0.3, 0.4) is 0 Å². The molecule has 0 heterocycles. The number of amides is 2. The number of urea groups is 1. The molecular formula is C30H43N3O4. The van der Waals surface area contributed by atoms with Crippen LogP contribution in [0, 0.1) is 6.92 Å². The normalized spacial score (nSPS) is 11.7. The summed E-state index contributed by atoms with van der Waals surface area (Å²) >= 11 is 0. The molecule has 0 spiro atoms. The van der Waals surface area contributed by atoms with E-state index in [0.29, 0.717) is 25.4 Å². The van der Waals surface area contributed by atoms with Crippen LogP contribution in [-0.4, -0.2) is 41.5 Å². The first-order valence-corrected chi connectivity index (χ1v) is 13.2. The summed E-state index contributed by atoms with van der Waals surface area (Å²) in [7, 11) is 0. The fraction of sp³-hybridized carbons (Fsp3) is 0.500. The summed E-state index contributed by atoms with van der Waals surface area (Å²) in [5, 5.41) is 9.12. The molecule has 2 aromatic carbocycles. The van der Waals surface area contributed by atoms with Crippen molar-refractivity contribution < 1.29 is 19.1 Å². The van der Waals surface area contributed by atoms with Gasteiger partial charge in [0.05, 0.1) is 13.2 Å². The minimum absolute atomic E-state index is 0.171. The Morgan fingerprint density at radius 3 is 2.24 bits per heavy atom. The van der Waals surface area contributed by atoms with Crippen molar-refractivity contribution in [1.29, 1.82) is 0 Å². The quantitative estimate of drug-likeness (QED) is 0.138. The maximum atomic E-state index is 12.7. The smallest absolute Gasteiger partial charge is 0.349 e. The first-order chi connectivity index (χ1) is 17.6. The van der Waals surface area contributed by atoms with Crippen molar-refractivity contribution in [2.45, 2.75) is 85.8 Å². The molecule has 2 aromatic rings. The van der Waals surface area contributed by atoms with Crippen molar-refractivity contribution in [2.24, 2.45) is 5.10 Å². The van der Waals surface area contributed by atoms with Crippen LogP contribution < -0.4 is 10.1 Å². The molecule has 202 valence electrons. The van der Waals surface area contributed by atoms with Gasteiger partial charge in [-0.15, -0.1) is 0 Å². The first kappa shape index (κ1) is 29.9. The lowest BCUT2D eigenvalue weighted by molar-refractivity contribution is -0.158. The van der Waals surface area contributed by atoms with E-state index in [4.69, 9.17) is 9.47 Å². The third-order valence-electron chi connectivity index (χ3n) is 5.82. The molecule has 0 radical (unpaired) electrons. The number of rotatable bonds is 14. The number of carbonyl (C=O) groups excluding carboxylic acids is 2. The average molecular weight is 510 g/mol. The predicted octanol–water partition coefficient (Wildman–Crippen LogP) is 6.43. The van der Waals surface area contributed by atoms with Crippen molar-refractivity contribution in [3.8, 4) is 5.75 Å². The van der Waals surface area contributed by atoms with Gasteiger partial charge in [-0.05, 0) is 90.0 Å². The van der Waals surface area contributed by atoms with Gasteiger partial charge in [-0.3, -0.25) is 0 Å². The number of nitrogens with zero attached hydrogens (tertiary/aromatic N) is 2. The SMILES string of the molecule is CCCNC(=O)N(Cc1ccc(C)cc1)/N=C(\C)CCCCc1ccc(OC(C)(C)C(=O)OCC)cc1. The highest BCUT2D eigenvalue weighted by atomic mass is 16.6. The van der Waals surface area contributed by atoms with E-state index in [9.17, 15) is 9.59 Å². The van der Waals surface area contributed by atoms with Gasteiger partial charge < -0.3 is 14.8 Å². The second kappa shape index (κ2) is 15.0. The summed E-state index contributed by atoms with van der Waals surface area (Å²) in [6.45, 7) is 12.6. The molecule has 7 nitrogen and oxygen atoms in total. The third-order valence-corrected chi connectivity index (χ3v) is 5.82. The Balaban J connectivity index is 1.87. The predicted molar refractivity (Wildman–Crippen MR) is 149 cm³/mol. The fourth-order valence-electron chi connectivity index (χ4n) is 3.67. The molecule has 0 bridgehead atoms. The fourth-order valence-corrected chi connectivity index (χ4v) is 3.67. The van der Waals surface area contributed by atoms with Gasteiger partial charge in [-0.2, -0.15) is 5.10 Å². The lowest BCUT2D eigenvalue weighted by Crippen LogP contribution is -2.39. The lowest BCUT2D eigenvalue weighted by atomic mass is 10.1. The number of hydrazone groups is 1. The number of unbranched alkanes of at least 4 members (excludes halogenated alkanes) is 1. The molecule has 0 aliphatic carbocycles. The van der Waals surface area contributed by atoms with Gasteiger partial charge in [0, 0.05) is 12.3 Å². The van der Waals surface area contributed by atoms with Gasteiger partial charge in [0.25, 0.3) is 0 Å². The molecule has 0 saturated carbocycles. The van der Waals surface area contributed by atoms with E-state index < -0.39 is 5.60 Å². The summed E-state index contributed by atoms with van der Waals surface area (Å²) in [6, 6.07) is 15.8. The number of benzene rings is 2. The number of nitrogens with one attached hydrogen (secondary N) is 1. The van der Waals surface area contributed by atoms with Gasteiger partial charge in [0.2, 0.25) is 0 Å². The molecular weight excluding hydrogens is 466 g/mol. The maximum absolute atomic E-state index is 12.7. The Hall–Kier alpha value is -3.35. The minimum atomic E-state index is -1.03. The van der Waals surface area contributed by atoms with Crippen molar-refractivity contribution in [1.82, 2.24) is 10.3 Å². The molecule has 2 rings (SSSR count). The van der Waals surface area contributed by atoms with Crippen LogP contribution in [0.15, 0.2) is 53.6 Å². The van der Waals surface area contributed by atoms with E-state index >= 15 is 0 Å². The number of esters is 1. The van der Waals surface area contributed by atoms with E-state index in [0.717, 1.165) is 43.4 Å². The van der Waals surface area contributed by atoms with Crippen molar-refractivity contribution >= 4 is 17.7 Å². The summed E-state index contributed by atoms with van der Waals surface area (Å²) in [6.07, 6.45) is 4.60. The van der Waals surface area contributed by atoms with E-state index in [1.54, 1.807) is 20.8 Å². The molecule has 0 unspecified atom stereocenters. The molecule has 0 aliphatic heterocycles. The summed E-state index contributed by atoms with van der Waals surface area (Å²) in [4.78, 5) is 24.7. The number of ether oxygens (including phenoxy) is 2. The Kier molecular flexibility index (Phi) is 12.1. The number of hydrogen-bond donors (Lipinski definition) is 1. The standard InChI is InChI=1S/C30H43N3O4/c1-7-21-31-29(35)33(22-26-15-13-23(3)14-16-26)32-24(4)11-9-10-12-25-17-19-27(20-18-25)37-30(5,6)28(34)36-8-2/h13-20H,7-12,21-22H2,1-6H3,(H,31,35)/b32-24+. The molecule has 2 amide bonds. The van der Waals surface area contributed by atoms with Crippen LogP contribution in [0.5, 0.6) is 5.75 Å². The molecule has 1 N–H and O–H groups in total. The second-order valence-electron chi connectivity index (χ2n) is 9.79. The Morgan fingerprint density at radius 2 is 1.62 bits per heavy atom. The Morgan fingerprint density at radius 1 is 0.973 bits per heavy atom. The molecule has 0 aliphatic rings. The van der Waals surface area contributed by atoms with Crippen molar-refractivity contribution in [2.75, 3.05) is 13.2 Å². The zero-order valence-electron chi connectivity index (χ0n) is 23.3. The molecule has 7 heteroatoms. The zero-order valence-corrected chi connectivity index (χ0v) is 23.3. The second-order valence-corrected chi connectivity index (χ2v) is 9.79. The van der Waals surface area contributed by atoms with E-state index in [1.165, 1.54) is 16.1 Å². The summed E-state index contributed by atoms with van der Waals surface area (Å²) in [5.41, 5.74) is 3.34. The van der Waals surface area contributed by atoms with E-state index in [2.05, 4.69) is 10.4 Å². The largest absolute Gasteiger partial charge is 0.476 e. The maximum Gasteiger partial charge on any atom is 0.349 e. The van der Waals surface area contributed by atoms with Crippen LogP contribution in [0.2, 0.25) is 0 Å². The third kappa shape index (κ3) is 10.7. The van der Waals surface area contributed by atoms with Gasteiger partial charge in [0.15, 0.2) is 5.60 Å². The van der Waals surface area contributed by atoms with Crippen LogP contribution in [0.1, 0.15) is 77.0 Å². The molecule has 37 heavy (non-hydrogen) atoms. The van der Waals surface area contributed by atoms with Crippen LogP contribution in [-0.2, 0) is 22.5 Å². The van der Waals surface area contributed by atoms with Gasteiger partial charge in [-0.25, -0.2) is 14.6 Å². The monoisotopic (exact) mass is 509 g/mol. The van der Waals surface area contributed by atoms with Gasteiger partial charge in [0.1, 0.15) is 5.75 Å². The van der Waals surface area contributed by atoms with E-state index in [-0.39, 0.29) is 12.0 Å². The van der Waals surface area contributed by atoms with Crippen molar-refractivity contribution in [3.05, 3.63) is 65.2 Å². The molecule has 0 saturated heterocycles. The number of hydrogen-bond acceptors (Lipinski definition) is 5. The number of carbonyl (C=O) groups is 2. The zero-order chi connectivity index (χ0) is 27.3. The highest BCUT2D eigenvalue weighted by molar-refractivity contribution is 5.84. The first-order valence-electron chi connectivity index (χ1n) is 13.2. The highest BCUT2D eigenvalue weighted by Gasteiger charge is 2.31. The highest BCUT2D eigenvalue weighted by Crippen LogP contribution is 2.21. The Bertz CT molecular complexity index is 1010. The minimum Gasteiger partial charge on any atom is -0.476 e. The topological polar surface area (TPSA) is 80.2 Å². The molecule has 0 fully saturated rings. The van der Waals surface area contributed by atoms with Crippen LogP contribution >= 0.6 is 0 Å². The molecule has 0 aromatic heterocycles. The average Bonchev–Trinajstić information content (AvgIpc) is 2.87. The summed E-state index contributed by atoms with van der Waals surface area (Å²) < 4.78 is 10.9. The van der Waals surface area contributed by atoms with Gasteiger partial charge in [-0.1, -0.05) is 48.9 Å². The van der Waals surface area contributed by atoms with Crippen LogP contribution in [0.25, 0.3) is 0 Å². The van der Waals surface area contributed by atoms with Gasteiger partial charge >= 0.3 is 12.0 Å². The van der Waals surface area contributed by atoms with Crippen LogP contribution in [0.4, 0.5) is 4.79 Å². The lowest BCUT2D eigenvalue weighted by Gasteiger charge is -2.24. The van der Waals surface area contributed by atoms with Crippen molar-refractivity contribution in [3.63, 3.8) is 0 Å². The van der Waals surface area contributed by atoms with E-state index in [1.807, 2.05) is 69.3 Å². The summed E-state index contributed by atoms with van der Waals surface area (Å²) in [5.74, 6) is 0.260. The number of aryl methyl sites for hydroxylation is 2. The molecule has 0 atom stereocenters. The Labute approximate surface area is 222 Å².